The highest BCUT2D eigenvalue weighted by atomic mass is 79.9. The van der Waals surface area contributed by atoms with Crippen LogP contribution in [0.5, 0.6) is 5.75 Å². The van der Waals surface area contributed by atoms with Crippen LogP contribution in [0.4, 0.5) is 5.69 Å². The minimum Gasteiger partial charge on any atom is -0.491 e. The molecular formula is C10H14BrNO. The van der Waals surface area contributed by atoms with E-state index in [9.17, 15) is 0 Å². The molecule has 1 aromatic rings. The fraction of sp³-hybridized carbons (Fsp3) is 0.400. The lowest BCUT2D eigenvalue weighted by Crippen LogP contribution is -2.01. The number of nitrogen functional groups attached to an aromatic ring is 1. The Balaban J connectivity index is 2.61. The van der Waals surface area contributed by atoms with Crippen LogP contribution in [0.2, 0.25) is 0 Å². The molecule has 72 valence electrons. The van der Waals surface area contributed by atoms with E-state index >= 15 is 0 Å². The number of halogens is 1. The smallest absolute Gasteiger partial charge is 0.142 e. The Labute approximate surface area is 87.2 Å². The Morgan fingerprint density at radius 2 is 2.23 bits per heavy atom. The third-order valence-electron chi connectivity index (χ3n) is 1.82. The van der Waals surface area contributed by atoms with Crippen LogP contribution < -0.4 is 10.5 Å². The van der Waals surface area contributed by atoms with Crippen LogP contribution >= 0.6 is 15.9 Å². The number of rotatable bonds is 4. The first-order valence-corrected chi connectivity index (χ1v) is 5.41. The maximum absolute atomic E-state index is 5.83. The number of nitrogens with two attached hydrogens (primary N) is 1. The van der Waals surface area contributed by atoms with Crippen molar-refractivity contribution in [3.05, 3.63) is 23.8 Å². The van der Waals surface area contributed by atoms with Crippen molar-refractivity contribution in [3.8, 4) is 5.75 Å². The van der Waals surface area contributed by atoms with E-state index in [1.165, 1.54) is 0 Å². The van der Waals surface area contributed by atoms with E-state index in [4.69, 9.17) is 10.5 Å². The van der Waals surface area contributed by atoms with Crippen LogP contribution in [0.3, 0.4) is 0 Å². The summed E-state index contributed by atoms with van der Waals surface area (Å²) in [7, 11) is 0. The predicted octanol–water partition coefficient (Wildman–Crippen LogP) is 2.74. The molecule has 1 aromatic carbocycles. The Morgan fingerprint density at radius 1 is 1.46 bits per heavy atom. The molecule has 0 spiro atoms. The van der Waals surface area contributed by atoms with Gasteiger partial charge in [0.15, 0.2) is 0 Å². The maximum Gasteiger partial charge on any atom is 0.142 e. The fourth-order valence-electron chi connectivity index (χ4n) is 1.02. The van der Waals surface area contributed by atoms with E-state index in [1.54, 1.807) is 0 Å². The van der Waals surface area contributed by atoms with Gasteiger partial charge in [-0.1, -0.05) is 28.1 Å². The standard InChI is InChI=1S/C10H14BrNO/c1-8-4-2-5-9(10(8)12)13-7-3-6-11/h2,4-5H,3,6-7,12H2,1H3. The largest absolute Gasteiger partial charge is 0.491 e. The molecule has 0 saturated carbocycles. The quantitative estimate of drug-likeness (QED) is 0.502. The molecule has 0 bridgehead atoms. The molecule has 0 unspecified atom stereocenters. The van der Waals surface area contributed by atoms with E-state index in [0.29, 0.717) is 6.61 Å². The topological polar surface area (TPSA) is 35.2 Å². The van der Waals surface area contributed by atoms with Crippen molar-refractivity contribution in [2.24, 2.45) is 0 Å². The highest BCUT2D eigenvalue weighted by molar-refractivity contribution is 9.09. The van der Waals surface area contributed by atoms with Crippen molar-refractivity contribution in [3.63, 3.8) is 0 Å². The molecule has 0 fully saturated rings. The van der Waals surface area contributed by atoms with Gasteiger partial charge < -0.3 is 10.5 Å². The van der Waals surface area contributed by atoms with Crippen LogP contribution in [0.25, 0.3) is 0 Å². The molecule has 2 nitrogen and oxygen atoms in total. The first kappa shape index (κ1) is 10.4. The van der Waals surface area contributed by atoms with Gasteiger partial charge in [-0.2, -0.15) is 0 Å². The summed E-state index contributed by atoms with van der Waals surface area (Å²) in [4.78, 5) is 0. The lowest BCUT2D eigenvalue weighted by molar-refractivity contribution is 0.320. The summed E-state index contributed by atoms with van der Waals surface area (Å²) in [5.74, 6) is 0.793. The van der Waals surface area contributed by atoms with Gasteiger partial charge in [0, 0.05) is 5.33 Å². The fourth-order valence-corrected chi connectivity index (χ4v) is 1.25. The Bertz CT molecular complexity index is 276. The third kappa shape index (κ3) is 2.92. The average Bonchev–Trinajstić information content (AvgIpc) is 2.13. The van der Waals surface area contributed by atoms with Crippen molar-refractivity contribution >= 4 is 21.6 Å². The van der Waals surface area contributed by atoms with Crippen LogP contribution in [0, 0.1) is 6.92 Å². The molecule has 2 N–H and O–H groups in total. The molecule has 0 heterocycles. The van der Waals surface area contributed by atoms with Gasteiger partial charge in [-0.05, 0) is 25.0 Å². The lowest BCUT2D eigenvalue weighted by atomic mass is 10.2. The van der Waals surface area contributed by atoms with Crippen molar-refractivity contribution in [1.82, 2.24) is 0 Å². The molecular weight excluding hydrogens is 230 g/mol. The van der Waals surface area contributed by atoms with Gasteiger partial charge in [-0.25, -0.2) is 0 Å². The first-order chi connectivity index (χ1) is 6.25. The zero-order valence-electron chi connectivity index (χ0n) is 7.72. The van der Waals surface area contributed by atoms with E-state index in [1.807, 2.05) is 25.1 Å². The lowest BCUT2D eigenvalue weighted by Gasteiger charge is -2.09. The highest BCUT2D eigenvalue weighted by Gasteiger charge is 2.01. The zero-order chi connectivity index (χ0) is 9.68. The molecule has 0 amide bonds. The van der Waals surface area contributed by atoms with Crippen LogP contribution in [0.15, 0.2) is 18.2 Å². The summed E-state index contributed by atoms with van der Waals surface area (Å²) in [5.41, 5.74) is 7.64. The number of alkyl halides is 1. The summed E-state index contributed by atoms with van der Waals surface area (Å²) in [6.07, 6.45) is 0.993. The minimum atomic E-state index is 0.707. The maximum atomic E-state index is 5.83. The summed E-state index contributed by atoms with van der Waals surface area (Å²) in [5, 5.41) is 0.957. The summed E-state index contributed by atoms with van der Waals surface area (Å²) in [6, 6.07) is 5.83. The monoisotopic (exact) mass is 243 g/mol. The number of benzene rings is 1. The zero-order valence-corrected chi connectivity index (χ0v) is 9.30. The van der Waals surface area contributed by atoms with E-state index in [0.717, 1.165) is 28.8 Å². The number of para-hydroxylation sites is 1. The minimum absolute atomic E-state index is 0.707. The van der Waals surface area contributed by atoms with E-state index < -0.39 is 0 Å². The van der Waals surface area contributed by atoms with Gasteiger partial charge >= 0.3 is 0 Å². The van der Waals surface area contributed by atoms with Crippen molar-refractivity contribution in [2.45, 2.75) is 13.3 Å². The van der Waals surface area contributed by atoms with Gasteiger partial charge in [-0.15, -0.1) is 0 Å². The molecule has 3 heteroatoms. The second kappa shape index (κ2) is 5.12. The Morgan fingerprint density at radius 3 is 2.92 bits per heavy atom. The Hall–Kier alpha value is -0.700. The predicted molar refractivity (Wildman–Crippen MR) is 59.5 cm³/mol. The molecule has 0 aliphatic heterocycles. The molecule has 0 aliphatic rings. The van der Waals surface area contributed by atoms with Gasteiger partial charge in [0.25, 0.3) is 0 Å². The van der Waals surface area contributed by atoms with Gasteiger partial charge in [0.1, 0.15) is 5.75 Å². The van der Waals surface area contributed by atoms with Gasteiger partial charge in [-0.3, -0.25) is 0 Å². The second-order valence-corrected chi connectivity index (χ2v) is 3.67. The van der Waals surface area contributed by atoms with E-state index in [-0.39, 0.29) is 0 Å². The van der Waals surface area contributed by atoms with Gasteiger partial charge in [0.2, 0.25) is 0 Å². The van der Waals surface area contributed by atoms with Crippen LogP contribution in [-0.4, -0.2) is 11.9 Å². The molecule has 0 aromatic heterocycles. The summed E-state index contributed by atoms with van der Waals surface area (Å²) >= 11 is 3.34. The van der Waals surface area contributed by atoms with E-state index in [2.05, 4.69) is 15.9 Å². The van der Waals surface area contributed by atoms with Gasteiger partial charge in [0.05, 0.1) is 12.3 Å². The molecule has 0 atom stereocenters. The van der Waals surface area contributed by atoms with Crippen LogP contribution in [-0.2, 0) is 0 Å². The average molecular weight is 244 g/mol. The normalized spacial score (nSPS) is 10.0. The molecule has 1 rings (SSSR count). The molecule has 0 saturated heterocycles. The summed E-state index contributed by atoms with van der Waals surface area (Å²) in [6.45, 7) is 2.69. The molecule has 13 heavy (non-hydrogen) atoms. The number of anilines is 1. The van der Waals surface area contributed by atoms with Crippen molar-refractivity contribution < 1.29 is 4.74 Å². The highest BCUT2D eigenvalue weighted by Crippen LogP contribution is 2.24. The summed E-state index contributed by atoms with van der Waals surface area (Å²) < 4.78 is 5.50. The van der Waals surface area contributed by atoms with Crippen LogP contribution in [0.1, 0.15) is 12.0 Å². The number of hydrogen-bond donors (Lipinski definition) is 1. The second-order valence-electron chi connectivity index (χ2n) is 2.88. The molecule has 0 aliphatic carbocycles. The molecule has 0 radical (unpaired) electrons. The number of aryl methyl sites for hydroxylation is 1. The van der Waals surface area contributed by atoms with Crippen molar-refractivity contribution in [1.29, 1.82) is 0 Å². The third-order valence-corrected chi connectivity index (χ3v) is 2.38. The SMILES string of the molecule is Cc1cccc(OCCCBr)c1N. The number of ether oxygens (including phenoxy) is 1. The Kier molecular flexibility index (Phi) is 4.09. The first-order valence-electron chi connectivity index (χ1n) is 4.29. The van der Waals surface area contributed by atoms with Crippen molar-refractivity contribution in [2.75, 3.05) is 17.7 Å². The number of hydrogen-bond acceptors (Lipinski definition) is 2.